The summed E-state index contributed by atoms with van der Waals surface area (Å²) in [4.78, 5) is 0. The molecule has 0 spiro atoms. The van der Waals surface area contributed by atoms with Crippen molar-refractivity contribution in [3.63, 3.8) is 0 Å². The number of fused-ring (bicyclic) bond motifs is 1. The molecule has 2 heteroatoms. The van der Waals surface area contributed by atoms with E-state index >= 15 is 0 Å². The monoisotopic (exact) mass is 248 g/mol. The molecule has 1 unspecified atom stereocenters. The summed E-state index contributed by atoms with van der Waals surface area (Å²) < 4.78 is 28.0. The standard InChI is InChI=1S/C16H18F2/c1-12(2)11-15-8-7-13-5-3-4-6-14(13)9-10-16(15,17)18/h3-6,12,15H,7-8,11H2,1-2H3. The highest BCUT2D eigenvalue weighted by atomic mass is 19.3. The molecule has 1 aliphatic carbocycles. The average Bonchev–Trinajstić information content (AvgIpc) is 2.31. The van der Waals surface area contributed by atoms with Gasteiger partial charge in [-0.2, -0.15) is 8.78 Å². The Morgan fingerprint density at radius 3 is 2.78 bits per heavy atom. The lowest BCUT2D eigenvalue weighted by atomic mass is 9.84. The van der Waals surface area contributed by atoms with E-state index in [1.165, 1.54) is 0 Å². The maximum Gasteiger partial charge on any atom is 0.311 e. The first kappa shape index (κ1) is 13.1. The highest BCUT2D eigenvalue weighted by molar-refractivity contribution is 5.43. The van der Waals surface area contributed by atoms with Crippen LogP contribution in [0.3, 0.4) is 0 Å². The molecule has 0 aromatic heterocycles. The number of halogens is 2. The van der Waals surface area contributed by atoms with Crippen LogP contribution in [0.15, 0.2) is 24.3 Å². The van der Waals surface area contributed by atoms with E-state index in [1.54, 1.807) is 0 Å². The van der Waals surface area contributed by atoms with Crippen LogP contribution in [0.1, 0.15) is 37.8 Å². The Hall–Kier alpha value is -1.36. The number of rotatable bonds is 2. The van der Waals surface area contributed by atoms with Crippen LogP contribution in [-0.4, -0.2) is 5.92 Å². The Morgan fingerprint density at radius 2 is 2.06 bits per heavy atom. The fourth-order valence-electron chi connectivity index (χ4n) is 2.46. The van der Waals surface area contributed by atoms with Crippen LogP contribution in [0.2, 0.25) is 0 Å². The third kappa shape index (κ3) is 2.90. The van der Waals surface area contributed by atoms with E-state index in [1.807, 2.05) is 38.1 Å². The van der Waals surface area contributed by atoms with Gasteiger partial charge in [-0.05, 0) is 42.7 Å². The van der Waals surface area contributed by atoms with E-state index in [9.17, 15) is 8.78 Å². The molecule has 0 bridgehead atoms. The summed E-state index contributed by atoms with van der Waals surface area (Å²) in [6.45, 7) is 3.96. The maximum absolute atomic E-state index is 14.0. The van der Waals surface area contributed by atoms with E-state index in [2.05, 4.69) is 11.8 Å². The van der Waals surface area contributed by atoms with Crippen molar-refractivity contribution in [2.45, 2.75) is 39.0 Å². The van der Waals surface area contributed by atoms with Gasteiger partial charge >= 0.3 is 5.92 Å². The Bertz CT molecular complexity index is 477. The molecular weight excluding hydrogens is 230 g/mol. The van der Waals surface area contributed by atoms with Crippen molar-refractivity contribution in [1.82, 2.24) is 0 Å². The minimum atomic E-state index is -2.86. The van der Waals surface area contributed by atoms with E-state index in [0.29, 0.717) is 19.3 Å². The molecular formula is C16H18F2. The van der Waals surface area contributed by atoms with Crippen LogP contribution in [0.5, 0.6) is 0 Å². The van der Waals surface area contributed by atoms with Crippen molar-refractivity contribution >= 4 is 0 Å². The summed E-state index contributed by atoms with van der Waals surface area (Å²) in [6.07, 6.45) is 1.73. The smallest absolute Gasteiger partial charge is 0.192 e. The van der Waals surface area contributed by atoms with Gasteiger partial charge in [0.1, 0.15) is 0 Å². The number of hydrogen-bond acceptors (Lipinski definition) is 0. The van der Waals surface area contributed by atoms with Gasteiger partial charge in [0, 0.05) is 11.5 Å². The highest BCUT2D eigenvalue weighted by Gasteiger charge is 2.38. The zero-order chi connectivity index (χ0) is 13.2. The normalized spacial score (nSPS) is 21.5. The number of aryl methyl sites for hydroxylation is 1. The first-order valence-corrected chi connectivity index (χ1v) is 6.48. The Balaban J connectivity index is 2.32. The van der Waals surface area contributed by atoms with Gasteiger partial charge < -0.3 is 0 Å². The molecule has 0 N–H and O–H groups in total. The van der Waals surface area contributed by atoms with Gasteiger partial charge in [0.25, 0.3) is 0 Å². The molecule has 1 aliphatic rings. The zero-order valence-corrected chi connectivity index (χ0v) is 10.8. The molecule has 18 heavy (non-hydrogen) atoms. The topological polar surface area (TPSA) is 0 Å². The zero-order valence-electron chi connectivity index (χ0n) is 10.8. The first-order chi connectivity index (χ1) is 8.49. The van der Waals surface area contributed by atoms with Crippen molar-refractivity contribution in [2.75, 3.05) is 0 Å². The van der Waals surface area contributed by atoms with Crippen molar-refractivity contribution in [2.24, 2.45) is 11.8 Å². The minimum absolute atomic E-state index is 0.275. The van der Waals surface area contributed by atoms with Crippen molar-refractivity contribution in [1.29, 1.82) is 0 Å². The van der Waals surface area contributed by atoms with Crippen LogP contribution in [0.4, 0.5) is 8.78 Å². The van der Waals surface area contributed by atoms with Crippen LogP contribution >= 0.6 is 0 Å². The summed E-state index contributed by atoms with van der Waals surface area (Å²) in [5.41, 5.74) is 1.84. The second-order valence-corrected chi connectivity index (χ2v) is 5.40. The van der Waals surface area contributed by atoms with Gasteiger partial charge in [-0.25, -0.2) is 0 Å². The molecule has 0 saturated carbocycles. The molecule has 96 valence electrons. The summed E-state index contributed by atoms with van der Waals surface area (Å²) in [5.74, 6) is 1.63. The predicted octanol–water partition coefficient (Wildman–Crippen LogP) is 4.28. The average molecular weight is 248 g/mol. The molecule has 0 aliphatic heterocycles. The molecule has 0 amide bonds. The molecule has 2 rings (SSSR count). The quantitative estimate of drug-likeness (QED) is 0.685. The summed E-state index contributed by atoms with van der Waals surface area (Å²) in [7, 11) is 0. The lowest BCUT2D eigenvalue weighted by Gasteiger charge is -2.25. The van der Waals surface area contributed by atoms with Crippen molar-refractivity contribution in [3.05, 3.63) is 35.4 Å². The Kier molecular flexibility index (Phi) is 3.71. The Morgan fingerprint density at radius 1 is 1.33 bits per heavy atom. The van der Waals surface area contributed by atoms with Crippen LogP contribution in [-0.2, 0) is 6.42 Å². The van der Waals surface area contributed by atoms with Gasteiger partial charge in [-0.1, -0.05) is 38.0 Å². The van der Waals surface area contributed by atoms with Crippen molar-refractivity contribution in [3.8, 4) is 11.8 Å². The molecule has 0 nitrogen and oxygen atoms in total. The number of benzene rings is 1. The molecule has 1 atom stereocenters. The molecule has 0 heterocycles. The maximum atomic E-state index is 14.0. The van der Waals surface area contributed by atoms with E-state index in [-0.39, 0.29) is 5.92 Å². The molecule has 1 aromatic carbocycles. The molecule has 0 radical (unpaired) electrons. The van der Waals surface area contributed by atoms with E-state index in [0.717, 1.165) is 11.1 Å². The summed E-state index contributed by atoms with van der Waals surface area (Å²) in [5, 5.41) is 0. The minimum Gasteiger partial charge on any atom is -0.192 e. The van der Waals surface area contributed by atoms with Gasteiger partial charge in [0.15, 0.2) is 0 Å². The fourth-order valence-corrected chi connectivity index (χ4v) is 2.46. The van der Waals surface area contributed by atoms with Crippen molar-refractivity contribution < 1.29 is 8.78 Å². The predicted molar refractivity (Wildman–Crippen MR) is 69.5 cm³/mol. The second kappa shape index (κ2) is 5.10. The lowest BCUT2D eigenvalue weighted by Crippen LogP contribution is -2.29. The Labute approximate surface area is 107 Å². The van der Waals surface area contributed by atoms with Crippen LogP contribution < -0.4 is 0 Å². The first-order valence-electron chi connectivity index (χ1n) is 6.48. The van der Waals surface area contributed by atoms with E-state index < -0.39 is 11.8 Å². The highest BCUT2D eigenvalue weighted by Crippen LogP contribution is 2.34. The third-order valence-corrected chi connectivity index (χ3v) is 3.41. The lowest BCUT2D eigenvalue weighted by molar-refractivity contribution is -0.0116. The molecule has 0 fully saturated rings. The van der Waals surface area contributed by atoms with Crippen LogP contribution in [0.25, 0.3) is 0 Å². The third-order valence-electron chi connectivity index (χ3n) is 3.41. The largest absolute Gasteiger partial charge is 0.311 e. The van der Waals surface area contributed by atoms with Gasteiger partial charge in [0.2, 0.25) is 0 Å². The molecule has 0 saturated heterocycles. The molecule has 1 aromatic rings. The SMILES string of the molecule is CC(C)CC1CCc2ccccc2C#CC1(F)F. The fraction of sp³-hybridized carbons (Fsp3) is 0.500. The van der Waals surface area contributed by atoms with Gasteiger partial charge in [-0.3, -0.25) is 0 Å². The number of hydrogen-bond donors (Lipinski definition) is 0. The van der Waals surface area contributed by atoms with Gasteiger partial charge in [0.05, 0.1) is 0 Å². The van der Waals surface area contributed by atoms with Gasteiger partial charge in [-0.15, -0.1) is 0 Å². The summed E-state index contributed by atoms with van der Waals surface area (Å²) in [6, 6.07) is 7.59. The number of alkyl halides is 2. The van der Waals surface area contributed by atoms with Crippen LogP contribution in [0, 0.1) is 23.7 Å². The second-order valence-electron chi connectivity index (χ2n) is 5.40. The van der Waals surface area contributed by atoms with E-state index in [4.69, 9.17) is 0 Å². The summed E-state index contributed by atoms with van der Waals surface area (Å²) >= 11 is 0.